The van der Waals surface area contributed by atoms with Crippen molar-refractivity contribution in [2.75, 3.05) is 0 Å². The highest BCUT2D eigenvalue weighted by Crippen LogP contribution is 2.61. The zero-order chi connectivity index (χ0) is 16.3. The van der Waals surface area contributed by atoms with E-state index in [9.17, 15) is 4.79 Å². The van der Waals surface area contributed by atoms with Gasteiger partial charge < -0.3 is 5.32 Å². The highest BCUT2D eigenvalue weighted by Gasteiger charge is 2.53. The molecule has 2 aromatic rings. The highest BCUT2D eigenvalue weighted by atomic mass is 16.2. The third kappa shape index (κ3) is 2.11. The lowest BCUT2D eigenvalue weighted by atomic mass is 9.48. The number of nitrogens with zero attached hydrogens (tertiary/aromatic N) is 1. The number of H-pyrrole nitrogens is 1. The number of hydrogen-bond acceptors (Lipinski definition) is 2. The van der Waals surface area contributed by atoms with Crippen molar-refractivity contribution >= 4 is 16.8 Å². The number of nitrogens with one attached hydrogen (secondary N) is 2. The number of para-hydroxylation sites is 1. The van der Waals surface area contributed by atoms with Crippen molar-refractivity contribution in [2.24, 2.45) is 23.2 Å². The minimum atomic E-state index is -0.0318. The molecule has 0 unspecified atom stereocenters. The molecule has 6 rings (SSSR count). The van der Waals surface area contributed by atoms with E-state index in [2.05, 4.69) is 22.4 Å². The van der Waals surface area contributed by atoms with E-state index in [1.54, 1.807) is 0 Å². The van der Waals surface area contributed by atoms with Crippen molar-refractivity contribution in [3.8, 4) is 0 Å². The van der Waals surface area contributed by atoms with Crippen LogP contribution in [0.5, 0.6) is 0 Å². The fraction of sp³-hybridized carbons (Fsp3) is 0.600. The van der Waals surface area contributed by atoms with Crippen molar-refractivity contribution in [3.05, 3.63) is 30.0 Å². The van der Waals surface area contributed by atoms with Gasteiger partial charge in [-0.3, -0.25) is 9.89 Å². The molecule has 4 fully saturated rings. The summed E-state index contributed by atoms with van der Waals surface area (Å²) in [5.41, 5.74) is 1.78. The van der Waals surface area contributed by atoms with Gasteiger partial charge in [0.25, 0.3) is 5.91 Å². The van der Waals surface area contributed by atoms with E-state index in [1.807, 2.05) is 24.3 Å². The van der Waals surface area contributed by atoms with Crippen LogP contribution in [0.2, 0.25) is 0 Å². The van der Waals surface area contributed by atoms with Gasteiger partial charge in [-0.25, -0.2) is 0 Å². The van der Waals surface area contributed by atoms with Gasteiger partial charge in [0.05, 0.1) is 5.52 Å². The van der Waals surface area contributed by atoms with E-state index >= 15 is 0 Å². The third-order valence-corrected chi connectivity index (χ3v) is 7.04. The summed E-state index contributed by atoms with van der Waals surface area (Å²) in [6.45, 7) is 2.22. The van der Waals surface area contributed by atoms with Gasteiger partial charge in [-0.05, 0) is 74.7 Å². The molecule has 2 N–H and O–H groups in total. The Kier molecular flexibility index (Phi) is 3.07. The summed E-state index contributed by atoms with van der Waals surface area (Å²) in [5, 5.41) is 11.4. The minimum Gasteiger partial charge on any atom is -0.348 e. The lowest BCUT2D eigenvalue weighted by molar-refractivity contribution is -0.0688. The van der Waals surface area contributed by atoms with Crippen LogP contribution < -0.4 is 5.32 Å². The first-order chi connectivity index (χ1) is 11.6. The molecule has 0 radical (unpaired) electrons. The number of carbonyl (C=O) groups is 1. The SMILES string of the molecule is C[C@H](NC(=O)c1n[nH]c2ccccc12)C12CC3CC(CC(C3)C1)C2. The molecule has 126 valence electrons. The van der Waals surface area contributed by atoms with Gasteiger partial charge in [-0.1, -0.05) is 18.2 Å². The second-order valence-corrected chi connectivity index (χ2v) is 8.59. The Labute approximate surface area is 142 Å². The third-order valence-electron chi connectivity index (χ3n) is 7.04. The topological polar surface area (TPSA) is 57.8 Å². The van der Waals surface area contributed by atoms with E-state index in [-0.39, 0.29) is 11.9 Å². The maximum absolute atomic E-state index is 12.8. The summed E-state index contributed by atoms with van der Waals surface area (Å²) < 4.78 is 0. The van der Waals surface area contributed by atoms with Gasteiger partial charge in [-0.15, -0.1) is 0 Å². The molecule has 4 heteroatoms. The second-order valence-electron chi connectivity index (χ2n) is 8.59. The summed E-state index contributed by atoms with van der Waals surface area (Å²) in [6.07, 6.45) is 8.23. The molecule has 1 atom stereocenters. The van der Waals surface area contributed by atoms with Gasteiger partial charge in [0.1, 0.15) is 0 Å². The van der Waals surface area contributed by atoms with Crippen LogP contribution in [0.15, 0.2) is 24.3 Å². The fourth-order valence-corrected chi connectivity index (χ4v) is 6.26. The lowest BCUT2D eigenvalue weighted by Crippen LogP contribution is -2.55. The quantitative estimate of drug-likeness (QED) is 0.900. The van der Waals surface area contributed by atoms with Gasteiger partial charge in [0.15, 0.2) is 5.69 Å². The average molecular weight is 323 g/mol. The molecule has 1 aromatic carbocycles. The lowest BCUT2D eigenvalue weighted by Gasteiger charge is -2.59. The largest absolute Gasteiger partial charge is 0.348 e. The molecule has 1 amide bonds. The molecule has 4 aliphatic rings. The molecule has 4 nitrogen and oxygen atoms in total. The van der Waals surface area contributed by atoms with Crippen LogP contribution in [0.4, 0.5) is 0 Å². The molecule has 24 heavy (non-hydrogen) atoms. The van der Waals surface area contributed by atoms with E-state index < -0.39 is 0 Å². The molecule has 4 bridgehead atoms. The Morgan fingerprint density at radius 3 is 2.46 bits per heavy atom. The van der Waals surface area contributed by atoms with Crippen LogP contribution in [0.25, 0.3) is 10.9 Å². The number of carbonyl (C=O) groups excluding carboxylic acids is 1. The number of benzene rings is 1. The maximum Gasteiger partial charge on any atom is 0.272 e. The minimum absolute atomic E-state index is 0.0318. The predicted molar refractivity (Wildman–Crippen MR) is 93.6 cm³/mol. The number of rotatable bonds is 3. The van der Waals surface area contributed by atoms with Crippen molar-refractivity contribution in [1.29, 1.82) is 0 Å². The molecule has 4 aliphatic carbocycles. The average Bonchev–Trinajstić information content (AvgIpc) is 2.97. The second kappa shape index (κ2) is 5.08. The fourth-order valence-electron chi connectivity index (χ4n) is 6.26. The van der Waals surface area contributed by atoms with Crippen molar-refractivity contribution in [2.45, 2.75) is 51.5 Å². The monoisotopic (exact) mass is 323 g/mol. The number of hydrogen-bond donors (Lipinski definition) is 2. The van der Waals surface area contributed by atoms with Gasteiger partial charge >= 0.3 is 0 Å². The standard InChI is InChI=1S/C20H25N3O/c1-12(20-9-13-6-14(10-20)8-15(7-13)11-20)21-19(24)18-16-4-2-3-5-17(16)22-23-18/h2-5,12-15H,6-11H2,1H3,(H,21,24)(H,22,23)/t12-,13?,14?,15?,20?/m0/s1. The molecular weight excluding hydrogens is 298 g/mol. The zero-order valence-electron chi connectivity index (χ0n) is 14.2. The first-order valence-corrected chi connectivity index (χ1v) is 9.37. The Morgan fingerprint density at radius 2 is 1.79 bits per heavy atom. The summed E-state index contributed by atoms with van der Waals surface area (Å²) in [6, 6.07) is 8.07. The molecular formula is C20H25N3O. The molecule has 1 heterocycles. The highest BCUT2D eigenvalue weighted by molar-refractivity contribution is 6.04. The molecule has 0 aliphatic heterocycles. The number of aromatic nitrogens is 2. The summed E-state index contributed by atoms with van der Waals surface area (Å²) in [7, 11) is 0. The molecule has 0 saturated heterocycles. The zero-order valence-corrected chi connectivity index (χ0v) is 14.2. The molecule has 0 spiro atoms. The van der Waals surface area contributed by atoms with Crippen LogP contribution >= 0.6 is 0 Å². The van der Waals surface area contributed by atoms with Crippen molar-refractivity contribution < 1.29 is 4.79 Å². The number of fused-ring (bicyclic) bond motifs is 1. The Balaban J connectivity index is 1.38. The van der Waals surface area contributed by atoms with Gasteiger partial charge in [-0.2, -0.15) is 5.10 Å². The Hall–Kier alpha value is -1.84. The van der Waals surface area contributed by atoms with E-state index in [4.69, 9.17) is 0 Å². The number of amides is 1. The van der Waals surface area contributed by atoms with Crippen LogP contribution in [0.1, 0.15) is 55.9 Å². The van der Waals surface area contributed by atoms with E-state index in [0.717, 1.165) is 28.7 Å². The normalized spacial score (nSPS) is 35.3. The van der Waals surface area contributed by atoms with Crippen LogP contribution in [-0.2, 0) is 0 Å². The van der Waals surface area contributed by atoms with Crippen LogP contribution in [-0.4, -0.2) is 22.1 Å². The van der Waals surface area contributed by atoms with Crippen molar-refractivity contribution in [3.63, 3.8) is 0 Å². The van der Waals surface area contributed by atoms with Gasteiger partial charge in [0.2, 0.25) is 0 Å². The van der Waals surface area contributed by atoms with E-state index in [0.29, 0.717) is 11.1 Å². The van der Waals surface area contributed by atoms with E-state index in [1.165, 1.54) is 38.5 Å². The summed E-state index contributed by atoms with van der Waals surface area (Å²) >= 11 is 0. The summed E-state index contributed by atoms with van der Waals surface area (Å²) in [4.78, 5) is 12.8. The predicted octanol–water partition coefficient (Wildman–Crippen LogP) is 3.90. The Morgan fingerprint density at radius 1 is 1.17 bits per heavy atom. The molecule has 1 aromatic heterocycles. The maximum atomic E-state index is 12.8. The van der Waals surface area contributed by atoms with Crippen LogP contribution in [0.3, 0.4) is 0 Å². The van der Waals surface area contributed by atoms with Crippen molar-refractivity contribution in [1.82, 2.24) is 15.5 Å². The van der Waals surface area contributed by atoms with Gasteiger partial charge in [0, 0.05) is 11.4 Å². The smallest absolute Gasteiger partial charge is 0.272 e. The summed E-state index contributed by atoms with van der Waals surface area (Å²) in [5.74, 6) is 2.68. The molecule has 4 saturated carbocycles. The Bertz CT molecular complexity index is 758. The number of aromatic amines is 1. The van der Waals surface area contributed by atoms with Crippen LogP contribution in [0, 0.1) is 23.2 Å². The first kappa shape index (κ1) is 14.5. The first-order valence-electron chi connectivity index (χ1n) is 9.37.